The molecule has 0 saturated heterocycles. The third kappa shape index (κ3) is 3.98. The van der Waals surface area contributed by atoms with E-state index in [-0.39, 0.29) is 22.5 Å². The largest absolute Gasteiger partial charge is 0.478 e. The van der Waals surface area contributed by atoms with E-state index in [1.807, 2.05) is 43.3 Å². The molecule has 0 fully saturated rings. The third-order valence-electron chi connectivity index (χ3n) is 4.68. The van der Waals surface area contributed by atoms with Gasteiger partial charge in [-0.25, -0.2) is 4.79 Å². The van der Waals surface area contributed by atoms with Gasteiger partial charge in [0.05, 0.1) is 22.3 Å². The molecular weight excluding hydrogens is 386 g/mol. The van der Waals surface area contributed by atoms with Crippen molar-refractivity contribution in [1.82, 2.24) is 0 Å². The molecule has 1 atom stereocenters. The van der Waals surface area contributed by atoms with E-state index in [4.69, 9.17) is 4.74 Å². The number of carboxylic acids is 1. The molecule has 1 aliphatic rings. The molecule has 1 aliphatic heterocycles. The molecule has 146 valence electrons. The van der Waals surface area contributed by atoms with Gasteiger partial charge in [-0.2, -0.15) is 0 Å². The van der Waals surface area contributed by atoms with Gasteiger partial charge in [-0.3, -0.25) is 4.79 Å². The van der Waals surface area contributed by atoms with Crippen LogP contribution in [0.4, 0.5) is 5.69 Å². The SMILES string of the molecule is Cc1ccc2c(c1)[C@H](SCC(=O)Nc1ccccc1C(=O)O)c1ccccc1O2. The number of ether oxygens (including phenoxy) is 1. The minimum absolute atomic E-state index is 0.0460. The number of fused-ring (bicyclic) bond motifs is 2. The minimum atomic E-state index is -1.07. The summed E-state index contributed by atoms with van der Waals surface area (Å²) in [6.45, 7) is 2.03. The number of hydrogen-bond acceptors (Lipinski definition) is 4. The summed E-state index contributed by atoms with van der Waals surface area (Å²) >= 11 is 1.49. The Morgan fingerprint density at radius 1 is 1.00 bits per heavy atom. The zero-order valence-corrected chi connectivity index (χ0v) is 16.5. The van der Waals surface area contributed by atoms with Gasteiger partial charge in [-0.1, -0.05) is 48.0 Å². The van der Waals surface area contributed by atoms with Gasteiger partial charge in [0, 0.05) is 11.1 Å². The summed E-state index contributed by atoms with van der Waals surface area (Å²) < 4.78 is 6.03. The molecule has 2 N–H and O–H groups in total. The predicted octanol–water partition coefficient (Wildman–Crippen LogP) is 5.26. The van der Waals surface area contributed by atoms with Crippen LogP contribution in [0.2, 0.25) is 0 Å². The molecule has 29 heavy (non-hydrogen) atoms. The topological polar surface area (TPSA) is 75.6 Å². The number of carbonyl (C=O) groups excluding carboxylic acids is 1. The summed E-state index contributed by atoms with van der Waals surface area (Å²) in [6.07, 6.45) is 0. The molecule has 0 saturated carbocycles. The molecule has 3 aromatic carbocycles. The fraction of sp³-hybridized carbons (Fsp3) is 0.130. The summed E-state index contributed by atoms with van der Waals surface area (Å²) in [7, 11) is 0. The van der Waals surface area contributed by atoms with Crippen molar-refractivity contribution < 1.29 is 19.4 Å². The van der Waals surface area contributed by atoms with Crippen LogP contribution < -0.4 is 10.1 Å². The van der Waals surface area contributed by atoms with Crippen molar-refractivity contribution in [2.24, 2.45) is 0 Å². The van der Waals surface area contributed by atoms with Gasteiger partial charge in [-0.05, 0) is 31.2 Å². The predicted molar refractivity (Wildman–Crippen MR) is 114 cm³/mol. The van der Waals surface area contributed by atoms with Gasteiger partial charge in [0.1, 0.15) is 11.5 Å². The summed E-state index contributed by atoms with van der Waals surface area (Å²) in [5.41, 5.74) is 3.55. The average molecular weight is 405 g/mol. The fourth-order valence-electron chi connectivity index (χ4n) is 3.35. The molecule has 6 heteroatoms. The summed E-state index contributed by atoms with van der Waals surface area (Å²) in [4.78, 5) is 23.9. The Kier molecular flexibility index (Phi) is 5.27. The van der Waals surface area contributed by atoms with Crippen LogP contribution in [0.25, 0.3) is 0 Å². The molecule has 5 nitrogen and oxygen atoms in total. The standard InChI is InChI=1S/C23H19NO4S/c1-14-10-11-20-17(12-14)22(16-7-3-5-9-19(16)28-20)29-13-21(25)24-18-8-4-2-6-15(18)23(26)27/h2-12,22H,13H2,1H3,(H,24,25)(H,26,27)/t22-/m1/s1. The van der Waals surface area contributed by atoms with Crippen LogP contribution in [-0.2, 0) is 4.79 Å². The van der Waals surface area contributed by atoms with E-state index in [1.54, 1.807) is 18.2 Å². The molecule has 0 radical (unpaired) electrons. The van der Waals surface area contributed by atoms with E-state index in [2.05, 4.69) is 11.4 Å². The van der Waals surface area contributed by atoms with E-state index < -0.39 is 5.97 Å². The highest BCUT2D eigenvalue weighted by molar-refractivity contribution is 8.00. The number of anilines is 1. The van der Waals surface area contributed by atoms with Crippen molar-refractivity contribution in [1.29, 1.82) is 0 Å². The van der Waals surface area contributed by atoms with Crippen molar-refractivity contribution in [2.45, 2.75) is 12.2 Å². The van der Waals surface area contributed by atoms with E-state index in [0.29, 0.717) is 5.69 Å². The van der Waals surface area contributed by atoms with Crippen LogP contribution in [0.1, 0.15) is 32.3 Å². The number of carboxylic acid groups (broad SMARTS) is 1. The molecule has 1 amide bonds. The number of nitrogens with one attached hydrogen (secondary N) is 1. The molecule has 0 bridgehead atoms. The van der Waals surface area contributed by atoms with Crippen LogP contribution >= 0.6 is 11.8 Å². The zero-order chi connectivity index (χ0) is 20.4. The molecule has 4 rings (SSSR count). The van der Waals surface area contributed by atoms with E-state index >= 15 is 0 Å². The Labute approximate surface area is 172 Å². The first kappa shape index (κ1) is 19.1. The quantitative estimate of drug-likeness (QED) is 0.606. The van der Waals surface area contributed by atoms with Gasteiger partial charge in [0.15, 0.2) is 0 Å². The fourth-order valence-corrected chi connectivity index (χ4v) is 4.47. The second-order valence-corrected chi connectivity index (χ2v) is 7.86. The Morgan fingerprint density at radius 3 is 2.55 bits per heavy atom. The number of rotatable bonds is 5. The summed E-state index contributed by atoms with van der Waals surface area (Å²) in [5, 5.41) is 12.0. The van der Waals surface area contributed by atoms with Crippen molar-refractivity contribution in [3.63, 3.8) is 0 Å². The number of hydrogen-bond donors (Lipinski definition) is 2. The average Bonchev–Trinajstić information content (AvgIpc) is 2.71. The highest BCUT2D eigenvalue weighted by Gasteiger charge is 2.28. The lowest BCUT2D eigenvalue weighted by Crippen LogP contribution is -2.18. The maximum atomic E-state index is 12.6. The monoisotopic (exact) mass is 405 g/mol. The second-order valence-electron chi connectivity index (χ2n) is 6.77. The van der Waals surface area contributed by atoms with E-state index in [9.17, 15) is 14.7 Å². The van der Waals surface area contributed by atoms with Crippen LogP contribution in [-0.4, -0.2) is 22.7 Å². The molecule has 0 aliphatic carbocycles. The van der Waals surface area contributed by atoms with Crippen molar-refractivity contribution in [2.75, 3.05) is 11.1 Å². The van der Waals surface area contributed by atoms with Gasteiger partial charge >= 0.3 is 5.97 Å². The smallest absolute Gasteiger partial charge is 0.337 e. The van der Waals surface area contributed by atoms with Crippen molar-refractivity contribution >= 4 is 29.3 Å². The molecule has 0 aromatic heterocycles. The first-order valence-corrected chi connectivity index (χ1v) is 10.2. The lowest BCUT2D eigenvalue weighted by Gasteiger charge is -2.28. The third-order valence-corrected chi connectivity index (χ3v) is 5.95. The molecule has 1 heterocycles. The lowest BCUT2D eigenvalue weighted by molar-refractivity contribution is -0.113. The van der Waals surface area contributed by atoms with Crippen LogP contribution in [0.5, 0.6) is 11.5 Å². The Bertz CT molecular complexity index is 1100. The molecule has 3 aromatic rings. The molecule has 0 spiro atoms. The van der Waals surface area contributed by atoms with Crippen LogP contribution in [0.15, 0.2) is 66.7 Å². The highest BCUT2D eigenvalue weighted by Crippen LogP contribution is 2.49. The Balaban J connectivity index is 1.55. The maximum Gasteiger partial charge on any atom is 0.337 e. The first-order chi connectivity index (χ1) is 14.0. The van der Waals surface area contributed by atoms with Gasteiger partial charge < -0.3 is 15.2 Å². The van der Waals surface area contributed by atoms with E-state index in [0.717, 1.165) is 28.2 Å². The van der Waals surface area contributed by atoms with Crippen molar-refractivity contribution in [3.8, 4) is 11.5 Å². The maximum absolute atomic E-state index is 12.6. The summed E-state index contributed by atoms with van der Waals surface area (Å²) in [6, 6.07) is 20.3. The number of amides is 1. The van der Waals surface area contributed by atoms with Gasteiger partial charge in [0.25, 0.3) is 0 Å². The van der Waals surface area contributed by atoms with Crippen LogP contribution in [0, 0.1) is 6.92 Å². The highest BCUT2D eigenvalue weighted by atomic mass is 32.2. The van der Waals surface area contributed by atoms with Gasteiger partial charge in [-0.15, -0.1) is 11.8 Å². The number of aryl methyl sites for hydroxylation is 1. The van der Waals surface area contributed by atoms with Crippen molar-refractivity contribution in [3.05, 3.63) is 89.0 Å². The number of aromatic carboxylic acids is 1. The molecule has 0 unspecified atom stereocenters. The number of para-hydroxylation sites is 2. The van der Waals surface area contributed by atoms with Crippen LogP contribution in [0.3, 0.4) is 0 Å². The number of thioether (sulfide) groups is 1. The Morgan fingerprint density at radius 2 is 1.72 bits per heavy atom. The number of carbonyl (C=O) groups is 2. The lowest BCUT2D eigenvalue weighted by atomic mass is 9.98. The zero-order valence-electron chi connectivity index (χ0n) is 15.7. The minimum Gasteiger partial charge on any atom is -0.478 e. The normalized spacial score (nSPS) is 14.3. The van der Waals surface area contributed by atoms with Gasteiger partial charge in [0.2, 0.25) is 5.91 Å². The molecular formula is C23H19NO4S. The Hall–Kier alpha value is -3.25. The first-order valence-electron chi connectivity index (χ1n) is 9.14. The summed E-state index contributed by atoms with van der Waals surface area (Å²) in [5.74, 6) is 0.444. The van der Waals surface area contributed by atoms with E-state index in [1.165, 1.54) is 17.8 Å². The number of benzene rings is 3. The second kappa shape index (κ2) is 8.01.